The Morgan fingerprint density at radius 1 is 1.18 bits per heavy atom. The molecule has 0 spiro atoms. The first-order valence-electron chi connectivity index (χ1n) is 11.4. The molecule has 0 bridgehead atoms. The lowest BCUT2D eigenvalue weighted by Crippen LogP contribution is -2.75. The van der Waals surface area contributed by atoms with Crippen LogP contribution in [0.25, 0.3) is 0 Å². The van der Waals surface area contributed by atoms with E-state index in [0.717, 1.165) is 44.4 Å². The Labute approximate surface area is 194 Å². The zero-order valence-electron chi connectivity index (χ0n) is 18.7. The highest BCUT2D eigenvalue weighted by Crippen LogP contribution is 2.30. The summed E-state index contributed by atoms with van der Waals surface area (Å²) in [5.41, 5.74) is 0.225. The molecule has 3 fully saturated rings. The minimum absolute atomic E-state index is 0.177. The van der Waals surface area contributed by atoms with Gasteiger partial charge in [0.05, 0.1) is 18.0 Å². The summed E-state index contributed by atoms with van der Waals surface area (Å²) in [4.78, 5) is 40.7. The molecule has 0 aliphatic carbocycles. The predicted octanol–water partition coefficient (Wildman–Crippen LogP) is 1.87. The van der Waals surface area contributed by atoms with E-state index in [1.807, 2.05) is 0 Å². The predicted molar refractivity (Wildman–Crippen MR) is 115 cm³/mol. The average molecular weight is 483 g/mol. The second-order valence-corrected chi connectivity index (χ2v) is 8.82. The van der Waals surface area contributed by atoms with Crippen molar-refractivity contribution >= 4 is 23.4 Å². The highest BCUT2D eigenvalue weighted by molar-refractivity contribution is 6.00. The van der Waals surface area contributed by atoms with Gasteiger partial charge in [0.25, 0.3) is 0 Å². The van der Waals surface area contributed by atoms with Crippen molar-refractivity contribution in [2.75, 3.05) is 11.9 Å². The number of halogens is 3. The minimum atomic E-state index is -4.82. The van der Waals surface area contributed by atoms with E-state index in [9.17, 15) is 27.6 Å². The summed E-state index contributed by atoms with van der Waals surface area (Å²) in [6, 6.07) is 4.97. The van der Waals surface area contributed by atoms with Crippen molar-refractivity contribution in [3.05, 3.63) is 24.3 Å². The molecule has 3 aliphatic heterocycles. The van der Waals surface area contributed by atoms with Crippen molar-refractivity contribution in [1.29, 1.82) is 0 Å². The number of carbonyl (C=O) groups excluding carboxylic acids is 3. The van der Waals surface area contributed by atoms with Crippen LogP contribution in [0.4, 0.5) is 18.9 Å². The molecule has 3 heterocycles. The second-order valence-electron chi connectivity index (χ2n) is 8.82. The lowest BCUT2D eigenvalue weighted by molar-refractivity contribution is -0.274. The molecule has 0 saturated carbocycles. The largest absolute Gasteiger partial charge is 0.573 e. The van der Waals surface area contributed by atoms with Gasteiger partial charge in [-0.1, -0.05) is 13.3 Å². The first kappa shape index (κ1) is 24.3. The Morgan fingerprint density at radius 3 is 2.59 bits per heavy atom. The van der Waals surface area contributed by atoms with E-state index in [2.05, 4.69) is 37.8 Å². The third kappa shape index (κ3) is 5.44. The summed E-state index contributed by atoms with van der Waals surface area (Å²) in [7, 11) is 0. The summed E-state index contributed by atoms with van der Waals surface area (Å²) >= 11 is 0. The highest BCUT2D eigenvalue weighted by atomic mass is 19.4. The van der Waals surface area contributed by atoms with Gasteiger partial charge in [0.2, 0.25) is 17.7 Å². The van der Waals surface area contributed by atoms with Crippen LogP contribution in [0.15, 0.2) is 24.3 Å². The van der Waals surface area contributed by atoms with E-state index < -0.39 is 42.3 Å². The summed E-state index contributed by atoms with van der Waals surface area (Å²) < 4.78 is 40.8. The Bertz CT molecular complexity index is 926. The van der Waals surface area contributed by atoms with Crippen LogP contribution in [-0.4, -0.2) is 54.0 Å². The molecular formula is C22H28F3N5O4. The Morgan fingerprint density at radius 2 is 1.91 bits per heavy atom. The van der Waals surface area contributed by atoms with Gasteiger partial charge in [-0.15, -0.1) is 13.2 Å². The van der Waals surface area contributed by atoms with Crippen LogP contribution < -0.4 is 26.0 Å². The molecule has 0 aromatic heterocycles. The zero-order valence-corrected chi connectivity index (χ0v) is 18.7. The van der Waals surface area contributed by atoms with Crippen LogP contribution in [0.3, 0.4) is 0 Å². The number of fused-ring (bicyclic) bond motifs is 1. The van der Waals surface area contributed by atoms with Crippen LogP contribution in [0.5, 0.6) is 5.75 Å². The first-order valence-corrected chi connectivity index (χ1v) is 11.4. The fourth-order valence-corrected chi connectivity index (χ4v) is 5.01. The van der Waals surface area contributed by atoms with E-state index in [-0.39, 0.29) is 23.9 Å². The maximum Gasteiger partial charge on any atom is 0.573 e. The van der Waals surface area contributed by atoms with Gasteiger partial charge >= 0.3 is 6.36 Å². The molecule has 186 valence electrons. The average Bonchev–Trinajstić information content (AvgIpc) is 2.78. The van der Waals surface area contributed by atoms with Gasteiger partial charge in [-0.05, 0) is 43.5 Å². The van der Waals surface area contributed by atoms with Crippen molar-refractivity contribution in [2.45, 2.75) is 63.9 Å². The number of ether oxygens (including phenoxy) is 1. The minimum Gasteiger partial charge on any atom is -0.406 e. The summed E-state index contributed by atoms with van der Waals surface area (Å²) in [5.74, 6) is -3.44. The number of nitrogens with zero attached hydrogens (tertiary/aromatic N) is 1. The molecule has 5 unspecified atom stereocenters. The van der Waals surface area contributed by atoms with Crippen LogP contribution in [0.1, 0.15) is 39.0 Å². The molecule has 4 N–H and O–H groups in total. The Balaban J connectivity index is 1.44. The van der Waals surface area contributed by atoms with Gasteiger partial charge in [-0.3, -0.25) is 24.6 Å². The number of benzene rings is 1. The van der Waals surface area contributed by atoms with E-state index in [1.54, 1.807) is 0 Å². The molecule has 1 aromatic carbocycles. The summed E-state index contributed by atoms with van der Waals surface area (Å²) in [6.45, 7) is 2.92. The maximum atomic E-state index is 13.1. The third-order valence-electron chi connectivity index (χ3n) is 6.60. The number of amides is 3. The second kappa shape index (κ2) is 9.79. The number of hydrogen-bond donors (Lipinski definition) is 4. The number of rotatable bonds is 5. The fraction of sp³-hybridized carbons (Fsp3) is 0.591. The number of likely N-dealkylation sites (tertiary alicyclic amines) is 1. The van der Waals surface area contributed by atoms with E-state index in [4.69, 9.17) is 0 Å². The third-order valence-corrected chi connectivity index (χ3v) is 6.60. The van der Waals surface area contributed by atoms with E-state index in [1.165, 1.54) is 12.1 Å². The van der Waals surface area contributed by atoms with Crippen molar-refractivity contribution in [3.63, 3.8) is 0 Å². The molecule has 4 rings (SSSR count). The smallest absolute Gasteiger partial charge is 0.406 e. The van der Waals surface area contributed by atoms with Gasteiger partial charge in [0.1, 0.15) is 12.0 Å². The summed E-state index contributed by atoms with van der Waals surface area (Å²) in [6.07, 6.45) is -2.04. The van der Waals surface area contributed by atoms with Crippen molar-refractivity contribution in [2.24, 2.45) is 11.8 Å². The molecule has 3 amide bonds. The lowest BCUT2D eigenvalue weighted by atomic mass is 9.81. The molecule has 34 heavy (non-hydrogen) atoms. The number of hydrogen-bond acceptors (Lipinski definition) is 6. The highest BCUT2D eigenvalue weighted by Gasteiger charge is 2.49. The van der Waals surface area contributed by atoms with Gasteiger partial charge in [0, 0.05) is 24.7 Å². The van der Waals surface area contributed by atoms with Gasteiger partial charge in [-0.2, -0.15) is 0 Å². The number of nitrogens with one attached hydrogen (secondary N) is 4. The van der Waals surface area contributed by atoms with Gasteiger partial charge in [0.15, 0.2) is 0 Å². The molecule has 1 aromatic rings. The molecule has 5 atom stereocenters. The molecule has 3 aliphatic rings. The van der Waals surface area contributed by atoms with Crippen LogP contribution in [0, 0.1) is 11.8 Å². The number of piperidine rings is 2. The van der Waals surface area contributed by atoms with Crippen molar-refractivity contribution < 1.29 is 32.3 Å². The van der Waals surface area contributed by atoms with Crippen LogP contribution >= 0.6 is 0 Å². The summed E-state index contributed by atoms with van der Waals surface area (Å²) in [5, 5.41) is 11.6. The number of carbonyl (C=O) groups is 3. The molecule has 3 saturated heterocycles. The number of alkyl halides is 3. The molecule has 9 nitrogen and oxygen atoms in total. The number of anilines is 1. The van der Waals surface area contributed by atoms with Gasteiger partial charge < -0.3 is 20.7 Å². The standard InChI is InChI=1S/C22H28F3N5O4/c1-2-13-5-3-4-10-30(13)21-28-18-17(20(33)29-21)15(11-16(31)27-18)19(32)26-12-6-8-14(9-7-12)34-22(23,24)25/h6-9,13,15,17-18,21,28H,2-5,10-11H2,1H3,(H,26,32)(H,27,31)(H,29,33). The Hall–Kier alpha value is -2.86. The Kier molecular flexibility index (Phi) is 6.99. The molecule has 12 heteroatoms. The topological polar surface area (TPSA) is 112 Å². The van der Waals surface area contributed by atoms with E-state index in [0.29, 0.717) is 6.04 Å². The maximum absolute atomic E-state index is 13.1. The van der Waals surface area contributed by atoms with Gasteiger partial charge in [-0.25, -0.2) is 0 Å². The quantitative estimate of drug-likeness (QED) is 0.509. The lowest BCUT2D eigenvalue weighted by Gasteiger charge is -2.49. The van der Waals surface area contributed by atoms with E-state index >= 15 is 0 Å². The van der Waals surface area contributed by atoms with Crippen LogP contribution in [-0.2, 0) is 14.4 Å². The zero-order chi connectivity index (χ0) is 24.5. The molecular weight excluding hydrogens is 455 g/mol. The van der Waals surface area contributed by atoms with Crippen LogP contribution in [0.2, 0.25) is 0 Å². The SMILES string of the molecule is CCC1CCCCN1C1NC(=O)C2C(NC(=O)CC2C(=O)Nc2ccc(OC(F)(F)F)cc2)N1. The molecule has 0 radical (unpaired) electrons. The normalized spacial score (nSPS) is 30.1. The monoisotopic (exact) mass is 483 g/mol. The van der Waals surface area contributed by atoms with Crippen molar-refractivity contribution in [3.8, 4) is 5.75 Å². The first-order chi connectivity index (χ1) is 16.1. The van der Waals surface area contributed by atoms with Crippen molar-refractivity contribution in [1.82, 2.24) is 20.9 Å². The fourth-order valence-electron chi connectivity index (χ4n) is 5.01.